The van der Waals surface area contributed by atoms with Gasteiger partial charge in [0.2, 0.25) is 10.0 Å². The van der Waals surface area contributed by atoms with E-state index in [1.54, 1.807) is 18.2 Å². The minimum atomic E-state index is -3.44. The van der Waals surface area contributed by atoms with E-state index in [0.29, 0.717) is 12.5 Å². The largest absolute Gasteiger partial charge is 0.342 e. The third kappa shape index (κ3) is 3.33. The van der Waals surface area contributed by atoms with Gasteiger partial charge in [0.25, 0.3) is 0 Å². The lowest BCUT2D eigenvalue weighted by atomic mass is 10.1. The number of fused-ring (bicyclic) bond motifs is 1. The summed E-state index contributed by atoms with van der Waals surface area (Å²) >= 11 is 0. The molecule has 0 unspecified atom stereocenters. The zero-order valence-electron chi connectivity index (χ0n) is 11.4. The molecular formula is C13H19N3O2S. The Labute approximate surface area is 113 Å². The summed E-state index contributed by atoms with van der Waals surface area (Å²) in [6.07, 6.45) is 0.824. The molecule has 6 heteroatoms. The number of hydrogen-bond acceptors (Lipinski definition) is 3. The summed E-state index contributed by atoms with van der Waals surface area (Å²) in [5.41, 5.74) is 1.52. The van der Waals surface area contributed by atoms with Crippen molar-refractivity contribution in [2.24, 2.45) is 5.92 Å². The maximum atomic E-state index is 12.1. The van der Waals surface area contributed by atoms with Gasteiger partial charge in [0, 0.05) is 6.54 Å². The molecule has 2 rings (SSSR count). The summed E-state index contributed by atoms with van der Waals surface area (Å²) in [6, 6.07) is 4.92. The topological polar surface area (TPSA) is 74.8 Å². The Kier molecular flexibility index (Phi) is 3.91. The fourth-order valence-electron chi connectivity index (χ4n) is 1.85. The Bertz CT molecular complexity index is 674. The monoisotopic (exact) mass is 281 g/mol. The number of benzene rings is 1. The summed E-state index contributed by atoms with van der Waals surface area (Å²) in [4.78, 5) is 7.56. The molecule has 0 fully saturated rings. The van der Waals surface area contributed by atoms with Crippen LogP contribution in [-0.4, -0.2) is 24.9 Å². The third-order valence-corrected chi connectivity index (χ3v) is 4.35. The number of hydrogen-bond donors (Lipinski definition) is 2. The van der Waals surface area contributed by atoms with Crippen LogP contribution in [0.3, 0.4) is 0 Å². The standard InChI is InChI=1S/C13H19N3O2S/c1-9(2)6-7-14-19(17,18)11-4-5-12-13(8-11)16-10(3)15-12/h4-5,8-9,14H,6-7H2,1-3H3,(H,15,16). The average molecular weight is 281 g/mol. The predicted octanol–water partition coefficient (Wildman–Crippen LogP) is 2.20. The van der Waals surface area contributed by atoms with Crippen LogP contribution in [0, 0.1) is 12.8 Å². The van der Waals surface area contributed by atoms with Crippen LogP contribution in [-0.2, 0) is 10.0 Å². The van der Waals surface area contributed by atoms with Crippen molar-refractivity contribution in [1.82, 2.24) is 14.7 Å². The van der Waals surface area contributed by atoms with Crippen molar-refractivity contribution < 1.29 is 8.42 Å². The zero-order chi connectivity index (χ0) is 14.0. The van der Waals surface area contributed by atoms with Crippen LogP contribution in [0.2, 0.25) is 0 Å². The quantitative estimate of drug-likeness (QED) is 0.882. The molecule has 0 bridgehead atoms. The van der Waals surface area contributed by atoms with E-state index in [0.717, 1.165) is 23.3 Å². The van der Waals surface area contributed by atoms with E-state index in [1.807, 2.05) is 6.92 Å². The van der Waals surface area contributed by atoms with E-state index in [1.165, 1.54) is 0 Å². The third-order valence-electron chi connectivity index (χ3n) is 2.90. The highest BCUT2D eigenvalue weighted by Gasteiger charge is 2.14. The number of imidazole rings is 1. The summed E-state index contributed by atoms with van der Waals surface area (Å²) in [6.45, 7) is 6.43. The molecule has 1 aromatic heterocycles. The Morgan fingerprint density at radius 2 is 2.11 bits per heavy atom. The van der Waals surface area contributed by atoms with Crippen molar-refractivity contribution in [2.75, 3.05) is 6.54 Å². The van der Waals surface area contributed by atoms with Gasteiger partial charge in [-0.05, 0) is 37.5 Å². The van der Waals surface area contributed by atoms with Crippen LogP contribution >= 0.6 is 0 Å². The molecule has 0 aliphatic carbocycles. The number of nitrogens with one attached hydrogen (secondary N) is 2. The second-order valence-electron chi connectivity index (χ2n) is 5.08. The van der Waals surface area contributed by atoms with Gasteiger partial charge < -0.3 is 4.98 Å². The summed E-state index contributed by atoms with van der Waals surface area (Å²) in [5.74, 6) is 1.25. The van der Waals surface area contributed by atoms with Crippen LogP contribution in [0.15, 0.2) is 23.1 Å². The van der Waals surface area contributed by atoms with Crippen molar-refractivity contribution in [2.45, 2.75) is 32.1 Å². The van der Waals surface area contributed by atoms with Gasteiger partial charge in [0.1, 0.15) is 5.82 Å². The second kappa shape index (κ2) is 5.30. The van der Waals surface area contributed by atoms with Crippen molar-refractivity contribution >= 4 is 21.1 Å². The van der Waals surface area contributed by atoms with E-state index in [9.17, 15) is 8.42 Å². The van der Waals surface area contributed by atoms with Crippen molar-refractivity contribution in [1.29, 1.82) is 0 Å². The lowest BCUT2D eigenvalue weighted by molar-refractivity contribution is 0.551. The van der Waals surface area contributed by atoms with Crippen LogP contribution in [0.1, 0.15) is 26.1 Å². The van der Waals surface area contributed by atoms with E-state index in [2.05, 4.69) is 28.5 Å². The normalized spacial score (nSPS) is 12.4. The van der Waals surface area contributed by atoms with E-state index >= 15 is 0 Å². The highest BCUT2D eigenvalue weighted by molar-refractivity contribution is 7.89. The second-order valence-corrected chi connectivity index (χ2v) is 6.85. The number of H-pyrrole nitrogens is 1. The van der Waals surface area contributed by atoms with Crippen LogP contribution in [0.25, 0.3) is 11.0 Å². The molecule has 2 aromatic rings. The average Bonchev–Trinajstić information content (AvgIpc) is 2.67. The molecule has 5 nitrogen and oxygen atoms in total. The Morgan fingerprint density at radius 1 is 1.37 bits per heavy atom. The highest BCUT2D eigenvalue weighted by atomic mass is 32.2. The summed E-state index contributed by atoms with van der Waals surface area (Å²) in [7, 11) is -3.44. The van der Waals surface area contributed by atoms with Crippen LogP contribution in [0.5, 0.6) is 0 Å². The molecule has 0 saturated carbocycles. The Morgan fingerprint density at radius 3 is 2.79 bits per heavy atom. The lowest BCUT2D eigenvalue weighted by Gasteiger charge is -2.08. The minimum absolute atomic E-state index is 0.271. The molecule has 104 valence electrons. The molecule has 0 aliphatic rings. The molecule has 0 aliphatic heterocycles. The fraction of sp³-hybridized carbons (Fsp3) is 0.462. The maximum absolute atomic E-state index is 12.1. The number of aromatic amines is 1. The number of nitrogens with zero attached hydrogens (tertiary/aromatic N) is 1. The fourth-order valence-corrected chi connectivity index (χ4v) is 2.92. The first-order chi connectivity index (χ1) is 8.88. The first kappa shape index (κ1) is 14.0. The van der Waals surface area contributed by atoms with Gasteiger partial charge in [0.05, 0.1) is 15.9 Å². The maximum Gasteiger partial charge on any atom is 0.240 e. The Balaban J connectivity index is 2.22. The number of sulfonamides is 1. The SMILES string of the molecule is Cc1nc2ccc(S(=O)(=O)NCCC(C)C)cc2[nH]1. The highest BCUT2D eigenvalue weighted by Crippen LogP contribution is 2.17. The molecule has 0 saturated heterocycles. The molecule has 1 heterocycles. The van der Waals surface area contributed by atoms with Gasteiger partial charge in [-0.15, -0.1) is 0 Å². The van der Waals surface area contributed by atoms with E-state index < -0.39 is 10.0 Å². The van der Waals surface area contributed by atoms with E-state index in [-0.39, 0.29) is 4.90 Å². The van der Waals surface area contributed by atoms with Gasteiger partial charge in [0.15, 0.2) is 0 Å². The summed E-state index contributed by atoms with van der Waals surface area (Å²) in [5, 5.41) is 0. The Hall–Kier alpha value is -1.40. The number of aromatic nitrogens is 2. The van der Waals surface area contributed by atoms with Crippen molar-refractivity contribution in [3.05, 3.63) is 24.0 Å². The molecule has 0 amide bonds. The molecule has 19 heavy (non-hydrogen) atoms. The minimum Gasteiger partial charge on any atom is -0.342 e. The summed E-state index contributed by atoms with van der Waals surface area (Å²) < 4.78 is 26.9. The van der Waals surface area contributed by atoms with Gasteiger partial charge in [-0.3, -0.25) is 0 Å². The van der Waals surface area contributed by atoms with Gasteiger partial charge in [-0.2, -0.15) is 0 Å². The van der Waals surface area contributed by atoms with Crippen LogP contribution in [0.4, 0.5) is 0 Å². The first-order valence-corrected chi connectivity index (χ1v) is 7.83. The van der Waals surface area contributed by atoms with Crippen LogP contribution < -0.4 is 4.72 Å². The zero-order valence-corrected chi connectivity index (χ0v) is 12.2. The molecule has 2 N–H and O–H groups in total. The van der Waals surface area contributed by atoms with E-state index in [4.69, 9.17) is 0 Å². The van der Waals surface area contributed by atoms with Gasteiger partial charge in [-0.25, -0.2) is 18.1 Å². The first-order valence-electron chi connectivity index (χ1n) is 6.34. The van der Waals surface area contributed by atoms with Gasteiger partial charge >= 0.3 is 0 Å². The molecule has 0 spiro atoms. The number of rotatable bonds is 5. The molecule has 0 radical (unpaired) electrons. The predicted molar refractivity (Wildman–Crippen MR) is 75.5 cm³/mol. The van der Waals surface area contributed by atoms with Crippen molar-refractivity contribution in [3.63, 3.8) is 0 Å². The smallest absolute Gasteiger partial charge is 0.240 e. The van der Waals surface area contributed by atoms with Gasteiger partial charge in [-0.1, -0.05) is 13.8 Å². The van der Waals surface area contributed by atoms with Crippen molar-refractivity contribution in [3.8, 4) is 0 Å². The molecule has 0 atom stereocenters. The molecule has 1 aromatic carbocycles. The lowest BCUT2D eigenvalue weighted by Crippen LogP contribution is -2.25. The molecular weight excluding hydrogens is 262 g/mol. The number of aryl methyl sites for hydroxylation is 1.